The van der Waals surface area contributed by atoms with Crippen LogP contribution in [-0.2, 0) is 16.0 Å². The molecular formula is C11H13NO2. The molecule has 1 aromatic carbocycles. The fourth-order valence-electron chi connectivity index (χ4n) is 1.91. The maximum Gasteiger partial charge on any atom is 0.303 e. The van der Waals surface area contributed by atoms with Crippen molar-refractivity contribution < 1.29 is 9.53 Å². The smallest absolute Gasteiger partial charge is 0.303 e. The first-order valence-electron chi connectivity index (χ1n) is 4.72. The molecule has 0 bridgehead atoms. The van der Waals surface area contributed by atoms with Crippen LogP contribution in [-0.4, -0.2) is 5.97 Å². The molecule has 2 rings (SSSR count). The van der Waals surface area contributed by atoms with E-state index < -0.39 is 0 Å². The number of ether oxygens (including phenoxy) is 1. The number of anilines is 1. The number of hydrogen-bond donors (Lipinski definition) is 1. The van der Waals surface area contributed by atoms with Crippen molar-refractivity contribution in [3.8, 4) is 0 Å². The number of hydrogen-bond acceptors (Lipinski definition) is 3. The van der Waals surface area contributed by atoms with Gasteiger partial charge in [-0.05, 0) is 36.1 Å². The minimum atomic E-state index is -0.231. The van der Waals surface area contributed by atoms with E-state index in [0.717, 1.165) is 24.1 Å². The zero-order valence-electron chi connectivity index (χ0n) is 8.12. The van der Waals surface area contributed by atoms with Gasteiger partial charge in [-0.2, -0.15) is 0 Å². The van der Waals surface area contributed by atoms with Crippen molar-refractivity contribution in [3.63, 3.8) is 0 Å². The number of fused-ring (bicyclic) bond motifs is 1. The van der Waals surface area contributed by atoms with Gasteiger partial charge in [0.1, 0.15) is 6.10 Å². The van der Waals surface area contributed by atoms with E-state index in [1.807, 2.05) is 18.2 Å². The molecule has 0 radical (unpaired) electrons. The normalized spacial score (nSPS) is 19.1. The Morgan fingerprint density at radius 2 is 2.36 bits per heavy atom. The molecule has 0 saturated heterocycles. The van der Waals surface area contributed by atoms with Gasteiger partial charge in [0.2, 0.25) is 0 Å². The van der Waals surface area contributed by atoms with E-state index in [9.17, 15) is 4.79 Å². The molecule has 1 atom stereocenters. The number of benzene rings is 1. The highest BCUT2D eigenvalue weighted by molar-refractivity contribution is 5.66. The Bertz CT molecular complexity index is 374. The summed E-state index contributed by atoms with van der Waals surface area (Å²) in [6, 6.07) is 5.79. The third-order valence-corrected chi connectivity index (χ3v) is 2.50. The van der Waals surface area contributed by atoms with Gasteiger partial charge in [-0.15, -0.1) is 0 Å². The van der Waals surface area contributed by atoms with Gasteiger partial charge in [0.05, 0.1) is 0 Å². The topological polar surface area (TPSA) is 52.3 Å². The van der Waals surface area contributed by atoms with Crippen LogP contribution in [0.25, 0.3) is 0 Å². The molecule has 14 heavy (non-hydrogen) atoms. The van der Waals surface area contributed by atoms with Crippen LogP contribution in [0.1, 0.15) is 30.6 Å². The monoisotopic (exact) mass is 191 g/mol. The molecule has 2 N–H and O–H groups in total. The summed E-state index contributed by atoms with van der Waals surface area (Å²) in [5, 5.41) is 0. The average Bonchev–Trinajstić information content (AvgIpc) is 2.47. The highest BCUT2D eigenvalue weighted by atomic mass is 16.5. The van der Waals surface area contributed by atoms with Crippen LogP contribution < -0.4 is 5.73 Å². The van der Waals surface area contributed by atoms with E-state index in [0.29, 0.717) is 0 Å². The Balaban J connectivity index is 2.28. The number of rotatable bonds is 1. The third-order valence-electron chi connectivity index (χ3n) is 2.50. The molecule has 0 aromatic heterocycles. The molecule has 1 aliphatic carbocycles. The molecule has 0 saturated carbocycles. The summed E-state index contributed by atoms with van der Waals surface area (Å²) in [5.41, 5.74) is 8.72. The van der Waals surface area contributed by atoms with E-state index >= 15 is 0 Å². The summed E-state index contributed by atoms with van der Waals surface area (Å²) in [7, 11) is 0. The first-order chi connectivity index (χ1) is 6.66. The van der Waals surface area contributed by atoms with Crippen LogP contribution in [0.5, 0.6) is 0 Å². The second kappa shape index (κ2) is 3.33. The zero-order chi connectivity index (χ0) is 10.1. The van der Waals surface area contributed by atoms with E-state index in [-0.39, 0.29) is 12.1 Å². The van der Waals surface area contributed by atoms with Crippen molar-refractivity contribution in [1.82, 2.24) is 0 Å². The zero-order valence-corrected chi connectivity index (χ0v) is 8.12. The molecule has 1 unspecified atom stereocenters. The predicted molar refractivity (Wildman–Crippen MR) is 53.7 cm³/mol. The summed E-state index contributed by atoms with van der Waals surface area (Å²) < 4.78 is 5.20. The fraction of sp³-hybridized carbons (Fsp3) is 0.364. The molecule has 3 heteroatoms. The predicted octanol–water partition coefficient (Wildman–Crippen LogP) is 1.82. The summed E-state index contributed by atoms with van der Waals surface area (Å²) in [5.74, 6) is -0.231. The Kier molecular flexibility index (Phi) is 2.15. The number of carbonyl (C=O) groups is 1. The lowest BCUT2D eigenvalue weighted by molar-refractivity contribution is -0.146. The maximum atomic E-state index is 10.8. The van der Waals surface area contributed by atoms with Crippen molar-refractivity contribution in [1.29, 1.82) is 0 Å². The first kappa shape index (κ1) is 9.06. The minimum absolute atomic E-state index is 0.0917. The Labute approximate surface area is 82.9 Å². The number of carbonyl (C=O) groups excluding carboxylic acids is 1. The van der Waals surface area contributed by atoms with Gasteiger partial charge in [-0.1, -0.05) is 6.07 Å². The van der Waals surface area contributed by atoms with E-state index in [2.05, 4.69) is 0 Å². The molecule has 0 aliphatic heterocycles. The lowest BCUT2D eigenvalue weighted by Gasteiger charge is -2.11. The number of nitrogen functional groups attached to an aromatic ring is 1. The Morgan fingerprint density at radius 3 is 3.07 bits per heavy atom. The quantitative estimate of drug-likeness (QED) is 0.544. The number of aryl methyl sites for hydroxylation is 1. The van der Waals surface area contributed by atoms with Gasteiger partial charge in [0, 0.05) is 12.6 Å². The third kappa shape index (κ3) is 1.58. The Hall–Kier alpha value is -1.51. The summed E-state index contributed by atoms with van der Waals surface area (Å²) >= 11 is 0. The molecule has 0 fully saturated rings. The SMILES string of the molecule is CC(=O)OC1CCc2ccc(N)cc21. The molecule has 0 spiro atoms. The van der Waals surface area contributed by atoms with Crippen LogP contribution in [0.4, 0.5) is 5.69 Å². The van der Waals surface area contributed by atoms with Gasteiger partial charge in [-0.3, -0.25) is 4.79 Å². The van der Waals surface area contributed by atoms with Gasteiger partial charge < -0.3 is 10.5 Å². The van der Waals surface area contributed by atoms with Crippen LogP contribution in [0.15, 0.2) is 18.2 Å². The largest absolute Gasteiger partial charge is 0.458 e. The van der Waals surface area contributed by atoms with Crippen molar-refractivity contribution in [3.05, 3.63) is 29.3 Å². The number of esters is 1. The molecule has 74 valence electrons. The van der Waals surface area contributed by atoms with Gasteiger partial charge in [-0.25, -0.2) is 0 Å². The standard InChI is InChI=1S/C11H13NO2/c1-7(13)14-11-5-3-8-2-4-9(12)6-10(8)11/h2,4,6,11H,3,5,12H2,1H3. The summed E-state index contributed by atoms with van der Waals surface area (Å²) in [4.78, 5) is 10.8. The van der Waals surface area contributed by atoms with Gasteiger partial charge in [0.25, 0.3) is 0 Å². The molecule has 0 heterocycles. The highest BCUT2D eigenvalue weighted by Gasteiger charge is 2.24. The van der Waals surface area contributed by atoms with Crippen molar-refractivity contribution in [2.45, 2.75) is 25.9 Å². The van der Waals surface area contributed by atoms with Crippen LogP contribution >= 0.6 is 0 Å². The summed E-state index contributed by atoms with van der Waals surface area (Å²) in [6.07, 6.45) is 1.75. The average molecular weight is 191 g/mol. The first-order valence-corrected chi connectivity index (χ1v) is 4.72. The minimum Gasteiger partial charge on any atom is -0.458 e. The van der Waals surface area contributed by atoms with Crippen LogP contribution in [0, 0.1) is 0 Å². The molecule has 0 amide bonds. The maximum absolute atomic E-state index is 10.8. The van der Waals surface area contributed by atoms with Crippen molar-refractivity contribution >= 4 is 11.7 Å². The highest BCUT2D eigenvalue weighted by Crippen LogP contribution is 2.35. The van der Waals surface area contributed by atoms with Gasteiger partial charge >= 0.3 is 5.97 Å². The molecular weight excluding hydrogens is 178 g/mol. The van der Waals surface area contributed by atoms with Crippen LogP contribution in [0.3, 0.4) is 0 Å². The van der Waals surface area contributed by atoms with Crippen LogP contribution in [0.2, 0.25) is 0 Å². The number of nitrogens with two attached hydrogens (primary N) is 1. The van der Waals surface area contributed by atoms with Crippen molar-refractivity contribution in [2.75, 3.05) is 5.73 Å². The van der Waals surface area contributed by atoms with Gasteiger partial charge in [0.15, 0.2) is 0 Å². The summed E-state index contributed by atoms with van der Waals surface area (Å²) in [6.45, 7) is 1.43. The fourth-order valence-corrected chi connectivity index (χ4v) is 1.91. The van der Waals surface area contributed by atoms with E-state index in [1.165, 1.54) is 12.5 Å². The second-order valence-corrected chi connectivity index (χ2v) is 3.60. The van der Waals surface area contributed by atoms with E-state index in [1.54, 1.807) is 0 Å². The lowest BCUT2D eigenvalue weighted by Crippen LogP contribution is -2.05. The second-order valence-electron chi connectivity index (χ2n) is 3.60. The van der Waals surface area contributed by atoms with E-state index in [4.69, 9.17) is 10.5 Å². The van der Waals surface area contributed by atoms with Crippen molar-refractivity contribution in [2.24, 2.45) is 0 Å². The molecule has 1 aliphatic rings. The lowest BCUT2D eigenvalue weighted by atomic mass is 10.1. The Morgan fingerprint density at radius 1 is 1.57 bits per heavy atom. The molecule has 3 nitrogen and oxygen atoms in total. The molecule has 1 aromatic rings.